The first kappa shape index (κ1) is 13.7. The highest BCUT2D eigenvalue weighted by Gasteiger charge is 2.44. The van der Waals surface area contributed by atoms with Gasteiger partial charge in [-0.05, 0) is 11.8 Å². The van der Waals surface area contributed by atoms with Gasteiger partial charge in [-0.2, -0.15) is 0 Å². The van der Waals surface area contributed by atoms with Crippen LogP contribution in [0, 0.1) is 5.41 Å². The Bertz CT molecular complexity index is 331. The van der Waals surface area contributed by atoms with Crippen LogP contribution in [0.2, 0.25) is 0 Å². The van der Waals surface area contributed by atoms with E-state index < -0.39 is 6.04 Å². The number of nitrogens with one attached hydrogen (secondary N) is 1. The minimum absolute atomic E-state index is 0.00748. The molecule has 0 saturated carbocycles. The average Bonchev–Trinajstić information content (AvgIpc) is 2.21. The second-order valence-electron chi connectivity index (χ2n) is 5.52. The molecule has 0 aliphatic carbocycles. The molecule has 96 valence electrons. The van der Waals surface area contributed by atoms with Gasteiger partial charge in [-0.15, -0.1) is 6.58 Å². The number of nitrogens with zero attached hydrogens (tertiary/aromatic N) is 1. The Morgan fingerprint density at radius 3 is 2.41 bits per heavy atom. The second-order valence-corrected chi connectivity index (χ2v) is 5.52. The minimum atomic E-state index is -0.421. The van der Waals surface area contributed by atoms with Gasteiger partial charge in [0.05, 0.1) is 0 Å². The molecule has 0 aromatic rings. The van der Waals surface area contributed by atoms with Crippen molar-refractivity contribution in [1.29, 1.82) is 0 Å². The summed E-state index contributed by atoms with van der Waals surface area (Å²) in [5.41, 5.74) is -0.276. The van der Waals surface area contributed by atoms with E-state index in [1.54, 1.807) is 11.0 Å². The third kappa shape index (κ3) is 2.68. The number of hydrogen-bond acceptors (Lipinski definition) is 2. The molecule has 1 aliphatic heterocycles. The van der Waals surface area contributed by atoms with Crippen LogP contribution in [0.1, 0.15) is 34.1 Å². The number of hydrogen-bond donors (Lipinski definition) is 1. The number of carbonyl (C=O) groups is 2. The van der Waals surface area contributed by atoms with E-state index in [0.29, 0.717) is 13.0 Å². The molecule has 1 N–H and O–H groups in total. The summed E-state index contributed by atoms with van der Waals surface area (Å²) in [7, 11) is 0. The van der Waals surface area contributed by atoms with E-state index in [1.807, 2.05) is 27.7 Å². The van der Waals surface area contributed by atoms with Crippen LogP contribution in [-0.4, -0.2) is 35.3 Å². The van der Waals surface area contributed by atoms with Gasteiger partial charge >= 0.3 is 0 Å². The van der Waals surface area contributed by atoms with Crippen LogP contribution in [-0.2, 0) is 9.59 Å². The van der Waals surface area contributed by atoms with E-state index in [4.69, 9.17) is 0 Å². The molecular weight excluding hydrogens is 216 g/mol. The molecule has 0 spiro atoms. The molecule has 1 aliphatic rings. The fourth-order valence-electron chi connectivity index (χ4n) is 2.25. The quantitative estimate of drug-likeness (QED) is 0.754. The Hall–Kier alpha value is -1.32. The lowest BCUT2D eigenvalue weighted by Crippen LogP contribution is -2.66. The summed E-state index contributed by atoms with van der Waals surface area (Å²) >= 11 is 0. The van der Waals surface area contributed by atoms with Gasteiger partial charge in [0.1, 0.15) is 12.1 Å². The van der Waals surface area contributed by atoms with E-state index in [0.717, 1.165) is 0 Å². The molecule has 1 heterocycles. The van der Waals surface area contributed by atoms with Gasteiger partial charge < -0.3 is 10.2 Å². The molecule has 0 aromatic carbocycles. The van der Waals surface area contributed by atoms with Crippen LogP contribution in [0.5, 0.6) is 0 Å². The molecular formula is C13H22N2O2. The maximum atomic E-state index is 12.2. The monoisotopic (exact) mass is 238 g/mol. The van der Waals surface area contributed by atoms with Gasteiger partial charge in [-0.25, -0.2) is 0 Å². The van der Waals surface area contributed by atoms with Crippen molar-refractivity contribution in [3.63, 3.8) is 0 Å². The lowest BCUT2D eigenvalue weighted by atomic mass is 9.83. The maximum absolute atomic E-state index is 12.2. The zero-order valence-corrected chi connectivity index (χ0v) is 11.1. The smallest absolute Gasteiger partial charge is 0.246 e. The van der Waals surface area contributed by atoms with Crippen LogP contribution in [0.4, 0.5) is 0 Å². The van der Waals surface area contributed by atoms with Crippen LogP contribution < -0.4 is 5.32 Å². The average molecular weight is 238 g/mol. The summed E-state index contributed by atoms with van der Waals surface area (Å²) in [5.74, 6) is -0.0716. The van der Waals surface area contributed by atoms with Crippen LogP contribution >= 0.6 is 0 Å². The lowest BCUT2D eigenvalue weighted by molar-refractivity contribution is -0.153. The Morgan fingerprint density at radius 2 is 2.00 bits per heavy atom. The molecule has 2 atom stereocenters. The van der Waals surface area contributed by atoms with Gasteiger partial charge in [-0.3, -0.25) is 9.59 Å². The molecule has 1 rings (SSSR count). The third-order valence-corrected chi connectivity index (χ3v) is 3.01. The van der Waals surface area contributed by atoms with E-state index in [1.165, 1.54) is 0 Å². The normalized spacial score (nSPS) is 25.8. The molecule has 2 unspecified atom stereocenters. The molecule has 1 fully saturated rings. The van der Waals surface area contributed by atoms with Crippen molar-refractivity contribution < 1.29 is 9.59 Å². The summed E-state index contributed by atoms with van der Waals surface area (Å²) in [6, 6.07) is -0.808. The van der Waals surface area contributed by atoms with Crippen molar-refractivity contribution in [2.75, 3.05) is 6.54 Å². The highest BCUT2D eigenvalue weighted by Crippen LogP contribution is 2.28. The molecule has 4 nitrogen and oxygen atoms in total. The Balaban J connectivity index is 3.06. The summed E-state index contributed by atoms with van der Waals surface area (Å²) in [4.78, 5) is 26.0. The van der Waals surface area contributed by atoms with Gasteiger partial charge in [0.2, 0.25) is 11.8 Å². The number of amides is 2. The first-order valence-electron chi connectivity index (χ1n) is 6.04. The van der Waals surface area contributed by atoms with Crippen LogP contribution in [0.25, 0.3) is 0 Å². The van der Waals surface area contributed by atoms with Gasteiger partial charge in [0.25, 0.3) is 0 Å². The predicted octanol–water partition coefficient (Wildman–Crippen LogP) is 1.32. The number of piperazine rings is 1. The van der Waals surface area contributed by atoms with Crippen molar-refractivity contribution in [3.05, 3.63) is 12.7 Å². The Labute approximate surface area is 103 Å². The molecule has 0 aromatic heterocycles. The first-order valence-corrected chi connectivity index (χ1v) is 6.04. The van der Waals surface area contributed by atoms with E-state index in [9.17, 15) is 9.59 Å². The summed E-state index contributed by atoms with van der Waals surface area (Å²) in [6.07, 6.45) is 2.29. The topological polar surface area (TPSA) is 49.4 Å². The fourth-order valence-corrected chi connectivity index (χ4v) is 2.25. The van der Waals surface area contributed by atoms with Crippen molar-refractivity contribution in [2.45, 2.75) is 46.2 Å². The first-order chi connectivity index (χ1) is 7.82. The van der Waals surface area contributed by atoms with E-state index in [-0.39, 0.29) is 23.3 Å². The standard InChI is InChI=1S/C13H22N2O2/c1-6-8-15-10(13(3,4)5)11(16)14-9(7-2)12(15)17/h6,9-10H,1,7-8H2,2-5H3,(H,14,16). The molecule has 17 heavy (non-hydrogen) atoms. The van der Waals surface area contributed by atoms with E-state index >= 15 is 0 Å². The van der Waals surface area contributed by atoms with Crippen LogP contribution in [0.15, 0.2) is 12.7 Å². The summed E-state index contributed by atoms with van der Waals surface area (Å²) in [6.45, 7) is 11.9. The second kappa shape index (κ2) is 4.90. The maximum Gasteiger partial charge on any atom is 0.246 e. The number of rotatable bonds is 3. The molecule has 0 radical (unpaired) electrons. The highest BCUT2D eigenvalue weighted by molar-refractivity contribution is 5.97. The molecule has 1 saturated heterocycles. The fraction of sp³-hybridized carbons (Fsp3) is 0.692. The SMILES string of the molecule is C=CCN1C(=O)C(CC)NC(=O)C1C(C)(C)C. The zero-order valence-electron chi connectivity index (χ0n) is 11.1. The predicted molar refractivity (Wildman–Crippen MR) is 67.4 cm³/mol. The van der Waals surface area contributed by atoms with Crippen molar-refractivity contribution >= 4 is 11.8 Å². The van der Waals surface area contributed by atoms with Crippen molar-refractivity contribution in [2.24, 2.45) is 5.41 Å². The zero-order chi connectivity index (χ0) is 13.2. The van der Waals surface area contributed by atoms with Crippen LogP contribution in [0.3, 0.4) is 0 Å². The van der Waals surface area contributed by atoms with Crippen molar-refractivity contribution in [3.8, 4) is 0 Å². The van der Waals surface area contributed by atoms with Gasteiger partial charge in [0.15, 0.2) is 0 Å². The van der Waals surface area contributed by atoms with E-state index in [2.05, 4.69) is 11.9 Å². The van der Waals surface area contributed by atoms with Gasteiger partial charge in [-0.1, -0.05) is 33.8 Å². The Morgan fingerprint density at radius 1 is 1.41 bits per heavy atom. The number of carbonyl (C=O) groups excluding carboxylic acids is 2. The minimum Gasteiger partial charge on any atom is -0.342 e. The molecule has 2 amide bonds. The van der Waals surface area contributed by atoms with Crippen molar-refractivity contribution in [1.82, 2.24) is 10.2 Å². The molecule has 4 heteroatoms. The lowest BCUT2D eigenvalue weighted by Gasteiger charge is -2.44. The summed E-state index contributed by atoms with van der Waals surface area (Å²) < 4.78 is 0. The summed E-state index contributed by atoms with van der Waals surface area (Å²) in [5, 5.41) is 2.80. The van der Waals surface area contributed by atoms with Gasteiger partial charge in [0, 0.05) is 6.54 Å². The highest BCUT2D eigenvalue weighted by atomic mass is 16.2. The molecule has 0 bridgehead atoms. The Kier molecular flexibility index (Phi) is 3.96. The third-order valence-electron chi connectivity index (χ3n) is 3.01. The largest absolute Gasteiger partial charge is 0.342 e.